The van der Waals surface area contributed by atoms with Gasteiger partial charge in [-0.05, 0) is 43.7 Å². The van der Waals surface area contributed by atoms with Crippen molar-refractivity contribution >= 4 is 69.9 Å². The van der Waals surface area contributed by atoms with Gasteiger partial charge in [0.1, 0.15) is 5.69 Å². The Kier molecular flexibility index (Phi) is 14.7. The van der Waals surface area contributed by atoms with E-state index in [4.69, 9.17) is 51.1 Å². The summed E-state index contributed by atoms with van der Waals surface area (Å²) in [5, 5.41) is 11.6. The van der Waals surface area contributed by atoms with Crippen molar-refractivity contribution in [1.82, 2.24) is 20.4 Å². The molecule has 0 spiro atoms. The van der Waals surface area contributed by atoms with E-state index in [0.717, 1.165) is 23.9 Å². The Bertz CT molecular complexity index is 1440. The topological polar surface area (TPSA) is 117 Å². The molecule has 3 rings (SSSR count). The maximum atomic E-state index is 13.4. The Morgan fingerprint density at radius 2 is 1.59 bits per heavy atom. The van der Waals surface area contributed by atoms with Crippen LogP contribution in [0.1, 0.15) is 82.0 Å². The highest BCUT2D eigenvalue weighted by molar-refractivity contribution is 6.40. The Hall–Kier alpha value is -2.85. The maximum Gasteiger partial charge on any atom is 0.412 e. The number of carbonyl (C=O) groups excluding carboxylic acids is 2. The van der Waals surface area contributed by atoms with Crippen molar-refractivity contribution in [3.63, 3.8) is 0 Å². The van der Waals surface area contributed by atoms with Crippen LogP contribution in [0.25, 0.3) is 5.69 Å². The van der Waals surface area contributed by atoms with Gasteiger partial charge in [0.2, 0.25) is 5.75 Å². The molecule has 2 amide bonds. The standard InChI is InChI=1S/C31H39Cl4N5O4/c1-3-5-6-7-8-9-10-11-14-21(32)19-37-29(41)20-13-12-15-23(16-20)38-28-27(44-31(43)36-4-2)30(42)40(39-28)26-24(34)17-22(33)18-25(26)35/h12-13,15-18,21,38-39H,3-11,14,19H2,1-2H3,(H,36,43)(H,37,41). The number of nitrogens with zero attached hydrogens (tertiary/aromatic N) is 1. The van der Waals surface area contributed by atoms with Gasteiger partial charge >= 0.3 is 11.7 Å². The number of anilines is 2. The van der Waals surface area contributed by atoms with E-state index in [1.54, 1.807) is 31.2 Å². The zero-order valence-electron chi connectivity index (χ0n) is 24.9. The van der Waals surface area contributed by atoms with Crippen LogP contribution in [0, 0.1) is 0 Å². The molecule has 0 saturated heterocycles. The number of hydrogen-bond acceptors (Lipinski definition) is 5. The minimum absolute atomic E-state index is 0.0343. The Morgan fingerprint density at radius 1 is 0.932 bits per heavy atom. The number of unbranched alkanes of at least 4 members (excludes halogenated alkanes) is 7. The third-order valence-electron chi connectivity index (χ3n) is 6.82. The molecule has 0 aliphatic carbocycles. The molecule has 0 aliphatic rings. The number of carbonyl (C=O) groups is 2. The van der Waals surface area contributed by atoms with Gasteiger partial charge in [-0.1, -0.05) is 99.2 Å². The highest BCUT2D eigenvalue weighted by Crippen LogP contribution is 2.33. The Morgan fingerprint density at radius 3 is 2.25 bits per heavy atom. The second-order valence-corrected chi connectivity index (χ2v) is 12.2. The van der Waals surface area contributed by atoms with E-state index in [9.17, 15) is 14.4 Å². The van der Waals surface area contributed by atoms with Gasteiger partial charge in [0.25, 0.3) is 5.91 Å². The van der Waals surface area contributed by atoms with Crippen molar-refractivity contribution in [2.75, 3.05) is 18.4 Å². The lowest BCUT2D eigenvalue weighted by Gasteiger charge is -2.12. The van der Waals surface area contributed by atoms with Crippen LogP contribution in [0.4, 0.5) is 16.3 Å². The minimum atomic E-state index is -0.831. The van der Waals surface area contributed by atoms with Gasteiger partial charge in [-0.3, -0.25) is 14.7 Å². The third kappa shape index (κ3) is 10.6. The number of alkyl halides is 1. The average molecular weight is 687 g/mol. The molecule has 13 heteroatoms. The van der Waals surface area contributed by atoms with E-state index in [2.05, 4.69) is 28.0 Å². The second-order valence-electron chi connectivity index (χ2n) is 10.4. The summed E-state index contributed by atoms with van der Waals surface area (Å²) in [7, 11) is 0. The van der Waals surface area contributed by atoms with Crippen LogP contribution in [0.3, 0.4) is 0 Å². The summed E-state index contributed by atoms with van der Waals surface area (Å²) in [5.74, 6) is -0.592. The van der Waals surface area contributed by atoms with Crippen LogP contribution in [-0.4, -0.2) is 40.2 Å². The maximum absolute atomic E-state index is 13.4. The highest BCUT2D eigenvalue weighted by atomic mass is 35.5. The van der Waals surface area contributed by atoms with Crippen LogP contribution < -0.4 is 26.2 Å². The number of H-pyrrole nitrogens is 1. The lowest BCUT2D eigenvalue weighted by atomic mass is 10.1. The molecule has 0 fully saturated rings. The first kappa shape index (κ1) is 35.6. The normalized spacial score (nSPS) is 11.7. The molecular weight excluding hydrogens is 648 g/mol. The Balaban J connectivity index is 1.68. The number of amides is 2. The van der Waals surface area contributed by atoms with Crippen molar-refractivity contribution in [3.8, 4) is 11.4 Å². The number of nitrogens with one attached hydrogen (secondary N) is 4. The molecule has 0 bridgehead atoms. The summed E-state index contributed by atoms with van der Waals surface area (Å²) >= 11 is 25.2. The summed E-state index contributed by atoms with van der Waals surface area (Å²) < 4.78 is 6.37. The van der Waals surface area contributed by atoms with Gasteiger partial charge in [-0.25, -0.2) is 9.48 Å². The Labute approximate surface area is 277 Å². The van der Waals surface area contributed by atoms with Crippen LogP contribution in [0.2, 0.25) is 15.1 Å². The molecule has 2 aromatic carbocycles. The molecule has 0 radical (unpaired) electrons. The second kappa shape index (κ2) is 18.2. The van der Waals surface area contributed by atoms with Gasteiger partial charge in [-0.15, -0.1) is 11.6 Å². The summed E-state index contributed by atoms with van der Waals surface area (Å²) in [6.45, 7) is 4.56. The third-order valence-corrected chi connectivity index (χ3v) is 7.99. The van der Waals surface area contributed by atoms with E-state index < -0.39 is 11.7 Å². The lowest BCUT2D eigenvalue weighted by molar-refractivity contribution is 0.0953. The van der Waals surface area contributed by atoms with E-state index in [0.29, 0.717) is 17.8 Å². The van der Waals surface area contributed by atoms with Crippen LogP contribution in [0.5, 0.6) is 5.75 Å². The lowest BCUT2D eigenvalue weighted by Crippen LogP contribution is -2.29. The molecule has 9 nitrogen and oxygen atoms in total. The average Bonchev–Trinajstić information content (AvgIpc) is 3.26. The van der Waals surface area contributed by atoms with Crippen molar-refractivity contribution in [2.45, 2.75) is 77.0 Å². The number of halogens is 4. The monoisotopic (exact) mass is 685 g/mol. The molecule has 44 heavy (non-hydrogen) atoms. The minimum Gasteiger partial charge on any atom is -0.400 e. The summed E-state index contributed by atoms with van der Waals surface area (Å²) in [6, 6.07) is 9.50. The first-order chi connectivity index (χ1) is 21.1. The van der Waals surface area contributed by atoms with Gasteiger partial charge in [0.05, 0.1) is 15.4 Å². The molecule has 4 N–H and O–H groups in total. The quantitative estimate of drug-likeness (QED) is 0.0836. The van der Waals surface area contributed by atoms with E-state index in [1.807, 2.05) is 0 Å². The smallest absolute Gasteiger partial charge is 0.400 e. The summed E-state index contributed by atoms with van der Waals surface area (Å²) in [5.41, 5.74) is 0.208. The number of hydrogen-bond donors (Lipinski definition) is 4. The number of rotatable bonds is 17. The fourth-order valence-electron chi connectivity index (χ4n) is 4.57. The van der Waals surface area contributed by atoms with Crippen molar-refractivity contribution in [3.05, 3.63) is 67.4 Å². The molecule has 1 atom stereocenters. The molecule has 3 aromatic rings. The van der Waals surface area contributed by atoms with Crippen LogP contribution >= 0.6 is 46.4 Å². The van der Waals surface area contributed by atoms with Gasteiger partial charge in [-0.2, -0.15) is 0 Å². The number of aromatic amines is 1. The van der Waals surface area contributed by atoms with Crippen molar-refractivity contribution in [2.24, 2.45) is 0 Å². The number of ether oxygens (including phenoxy) is 1. The molecule has 1 unspecified atom stereocenters. The van der Waals surface area contributed by atoms with E-state index >= 15 is 0 Å². The van der Waals surface area contributed by atoms with E-state index in [1.165, 1.54) is 50.7 Å². The molecule has 1 aromatic heterocycles. The largest absolute Gasteiger partial charge is 0.412 e. The fourth-order valence-corrected chi connectivity index (χ4v) is 5.79. The van der Waals surface area contributed by atoms with Gasteiger partial charge < -0.3 is 20.7 Å². The van der Waals surface area contributed by atoms with Crippen LogP contribution in [-0.2, 0) is 0 Å². The predicted octanol–water partition coefficient (Wildman–Crippen LogP) is 8.85. The molecule has 1 heterocycles. The molecule has 0 saturated carbocycles. The van der Waals surface area contributed by atoms with Gasteiger partial charge in [0.15, 0.2) is 5.82 Å². The molecular formula is C31H39Cl4N5O4. The highest BCUT2D eigenvalue weighted by Gasteiger charge is 2.23. The fraction of sp³-hybridized carbons (Fsp3) is 0.452. The first-order valence-electron chi connectivity index (χ1n) is 14.9. The SMILES string of the molecule is CCCCCCCCCCC(Cl)CNC(=O)c1cccc(Nc2[nH]n(-c3c(Cl)cc(Cl)cc3Cl)c(=O)c2OC(=O)NCC)c1. The summed E-state index contributed by atoms with van der Waals surface area (Å²) in [4.78, 5) is 38.5. The predicted molar refractivity (Wildman–Crippen MR) is 180 cm³/mol. The van der Waals surface area contributed by atoms with Gasteiger partial charge in [0, 0.05) is 29.4 Å². The van der Waals surface area contributed by atoms with E-state index in [-0.39, 0.29) is 50.2 Å². The van der Waals surface area contributed by atoms with Crippen molar-refractivity contribution < 1.29 is 14.3 Å². The zero-order chi connectivity index (χ0) is 32.1. The van der Waals surface area contributed by atoms with Crippen molar-refractivity contribution in [1.29, 1.82) is 0 Å². The first-order valence-corrected chi connectivity index (χ1v) is 16.5. The number of aromatic nitrogens is 2. The zero-order valence-corrected chi connectivity index (χ0v) is 27.9. The summed E-state index contributed by atoms with van der Waals surface area (Å²) in [6.07, 6.45) is 9.79. The van der Waals surface area contributed by atoms with Crippen LogP contribution in [0.15, 0.2) is 41.2 Å². The molecule has 240 valence electrons. The molecule has 0 aliphatic heterocycles. The number of benzene rings is 2.